The van der Waals surface area contributed by atoms with Crippen molar-refractivity contribution in [1.82, 2.24) is 9.31 Å². The average molecular weight is 461 g/mol. The molecule has 31 heavy (non-hydrogen) atoms. The molecule has 164 valence electrons. The van der Waals surface area contributed by atoms with Gasteiger partial charge in [-0.25, -0.2) is 5.01 Å². The summed E-state index contributed by atoms with van der Waals surface area (Å²) < 4.78 is 29.6. The first-order chi connectivity index (χ1) is 14.7. The minimum Gasteiger partial charge on any atom is -0.387 e. The number of halogens is 1. The minimum absolute atomic E-state index is 0.0216. The Morgan fingerprint density at radius 3 is 2.39 bits per heavy atom. The van der Waals surface area contributed by atoms with E-state index in [0.717, 1.165) is 21.1 Å². The molecule has 1 aliphatic rings. The highest BCUT2D eigenvalue weighted by Gasteiger charge is 2.29. The fraction of sp³-hybridized carbons (Fsp3) is 0.286. The van der Waals surface area contributed by atoms with Gasteiger partial charge >= 0.3 is 10.2 Å². The van der Waals surface area contributed by atoms with Crippen molar-refractivity contribution in [2.24, 2.45) is 20.2 Å². The van der Waals surface area contributed by atoms with E-state index in [9.17, 15) is 8.42 Å². The van der Waals surface area contributed by atoms with Crippen LogP contribution in [0.3, 0.4) is 0 Å². The third-order valence-electron chi connectivity index (χ3n) is 4.70. The SMILES string of the molecule is C/C(N)=N/C(=N\S(=O)(=O)N(C)C)N1CCC(c2ccccc2)C(c2ccc(Cl)cc2)=N1. The van der Waals surface area contributed by atoms with Gasteiger partial charge in [-0.15, -0.1) is 4.40 Å². The Hall–Kier alpha value is -2.75. The second-order valence-electron chi connectivity index (χ2n) is 7.27. The smallest absolute Gasteiger partial charge is 0.325 e. The first-order valence-corrected chi connectivity index (χ1v) is 11.4. The summed E-state index contributed by atoms with van der Waals surface area (Å²) >= 11 is 6.07. The molecule has 1 heterocycles. The molecule has 0 radical (unpaired) electrons. The van der Waals surface area contributed by atoms with Crippen molar-refractivity contribution < 1.29 is 8.42 Å². The van der Waals surface area contributed by atoms with Crippen LogP contribution in [0.25, 0.3) is 0 Å². The van der Waals surface area contributed by atoms with E-state index in [1.807, 2.05) is 30.3 Å². The molecule has 2 aromatic rings. The van der Waals surface area contributed by atoms with Gasteiger partial charge in [-0.05, 0) is 36.6 Å². The highest BCUT2D eigenvalue weighted by Crippen LogP contribution is 2.30. The summed E-state index contributed by atoms with van der Waals surface area (Å²) in [4.78, 5) is 4.14. The van der Waals surface area contributed by atoms with Gasteiger partial charge in [0.15, 0.2) is 0 Å². The maximum absolute atomic E-state index is 12.4. The summed E-state index contributed by atoms with van der Waals surface area (Å²) in [5.74, 6) is 0.126. The van der Waals surface area contributed by atoms with Crippen LogP contribution < -0.4 is 5.73 Å². The molecule has 2 aromatic carbocycles. The number of rotatable bonds is 4. The van der Waals surface area contributed by atoms with Gasteiger partial charge < -0.3 is 5.73 Å². The van der Waals surface area contributed by atoms with Crippen LogP contribution in [0.15, 0.2) is 69.1 Å². The van der Waals surface area contributed by atoms with Crippen LogP contribution in [-0.4, -0.2) is 55.9 Å². The van der Waals surface area contributed by atoms with E-state index in [1.54, 1.807) is 19.1 Å². The van der Waals surface area contributed by atoms with Crippen molar-refractivity contribution in [3.63, 3.8) is 0 Å². The number of nitrogens with zero attached hydrogens (tertiary/aromatic N) is 5. The van der Waals surface area contributed by atoms with E-state index >= 15 is 0 Å². The van der Waals surface area contributed by atoms with Crippen LogP contribution in [0.5, 0.6) is 0 Å². The van der Waals surface area contributed by atoms with E-state index in [1.165, 1.54) is 19.1 Å². The van der Waals surface area contributed by atoms with Crippen molar-refractivity contribution in [2.45, 2.75) is 19.3 Å². The fourth-order valence-electron chi connectivity index (χ4n) is 3.14. The first kappa shape index (κ1) is 22.9. The Bertz CT molecular complexity index is 1110. The lowest BCUT2D eigenvalue weighted by Crippen LogP contribution is -2.37. The molecule has 0 aromatic heterocycles. The van der Waals surface area contributed by atoms with E-state index < -0.39 is 10.2 Å². The predicted octanol–water partition coefficient (Wildman–Crippen LogP) is 3.07. The van der Waals surface area contributed by atoms with Crippen molar-refractivity contribution in [3.05, 3.63) is 70.7 Å². The molecule has 2 N–H and O–H groups in total. The third-order valence-corrected chi connectivity index (χ3v) is 6.26. The van der Waals surface area contributed by atoms with Crippen molar-refractivity contribution >= 4 is 39.3 Å². The lowest BCUT2D eigenvalue weighted by molar-refractivity contribution is 0.399. The Morgan fingerprint density at radius 1 is 1.16 bits per heavy atom. The van der Waals surface area contributed by atoms with E-state index in [0.29, 0.717) is 18.0 Å². The fourth-order valence-corrected chi connectivity index (χ4v) is 3.77. The van der Waals surface area contributed by atoms with Crippen LogP contribution in [0.1, 0.15) is 30.4 Å². The molecule has 1 atom stereocenters. The molecule has 0 amide bonds. The van der Waals surface area contributed by atoms with E-state index in [4.69, 9.17) is 22.4 Å². The van der Waals surface area contributed by atoms with Crippen LogP contribution in [0.4, 0.5) is 0 Å². The largest absolute Gasteiger partial charge is 0.387 e. The van der Waals surface area contributed by atoms with E-state index in [-0.39, 0.29) is 17.7 Å². The summed E-state index contributed by atoms with van der Waals surface area (Å²) in [6.07, 6.45) is 0.686. The first-order valence-electron chi connectivity index (χ1n) is 9.67. The van der Waals surface area contributed by atoms with Crippen LogP contribution in [0, 0.1) is 0 Å². The topological polar surface area (TPSA) is 104 Å². The third kappa shape index (κ3) is 5.69. The number of nitrogens with two attached hydrogens (primary N) is 1. The van der Waals surface area contributed by atoms with Gasteiger partial charge in [-0.2, -0.15) is 22.8 Å². The van der Waals surface area contributed by atoms with Gasteiger partial charge in [0.1, 0.15) is 0 Å². The summed E-state index contributed by atoms with van der Waals surface area (Å²) in [6.45, 7) is 1.99. The molecule has 0 aliphatic carbocycles. The van der Waals surface area contributed by atoms with Crippen molar-refractivity contribution in [2.75, 3.05) is 20.6 Å². The molecule has 3 rings (SSSR count). The zero-order valence-electron chi connectivity index (χ0n) is 17.6. The molecule has 10 heteroatoms. The number of hydrazone groups is 1. The lowest BCUT2D eigenvalue weighted by atomic mass is 9.86. The summed E-state index contributed by atoms with van der Waals surface area (Å²) in [6, 6.07) is 17.4. The van der Waals surface area contributed by atoms with Crippen LogP contribution in [0.2, 0.25) is 5.02 Å². The molecule has 0 saturated heterocycles. The molecule has 0 saturated carbocycles. The molecule has 1 unspecified atom stereocenters. The standard InChI is InChI=1S/C21H25ClN6O2S/c1-15(23)24-21(26-31(29,30)27(2)3)28-14-13-19(16-7-5-4-6-8-16)20(25-28)17-9-11-18(22)12-10-17/h4-12,19H,13-14H2,1-3H3,(H2,23,24,26). The minimum atomic E-state index is -3.92. The Morgan fingerprint density at radius 2 is 1.81 bits per heavy atom. The van der Waals surface area contributed by atoms with Gasteiger partial charge in [-0.3, -0.25) is 0 Å². The number of amidine groups is 1. The molecule has 8 nitrogen and oxygen atoms in total. The molecule has 0 fully saturated rings. The number of guanidine groups is 1. The zero-order valence-corrected chi connectivity index (χ0v) is 19.2. The van der Waals surface area contributed by atoms with Gasteiger partial charge in [0, 0.05) is 31.6 Å². The summed E-state index contributed by atoms with van der Waals surface area (Å²) in [5, 5.41) is 6.88. The predicted molar refractivity (Wildman–Crippen MR) is 126 cm³/mol. The molecular weight excluding hydrogens is 436 g/mol. The maximum Gasteiger partial charge on any atom is 0.325 e. The quantitative estimate of drug-likeness (QED) is 0.559. The Balaban J connectivity index is 2.12. The molecule has 0 spiro atoms. The lowest BCUT2D eigenvalue weighted by Gasteiger charge is -2.30. The Labute approximate surface area is 187 Å². The van der Waals surface area contributed by atoms with Gasteiger partial charge in [-0.1, -0.05) is 54.1 Å². The normalized spacial score (nSPS) is 18.3. The molecule has 1 aliphatic heterocycles. The number of hydrogen-bond donors (Lipinski definition) is 1. The zero-order chi connectivity index (χ0) is 22.6. The second-order valence-corrected chi connectivity index (χ2v) is 9.52. The molecular formula is C21H25ClN6O2S. The van der Waals surface area contributed by atoms with Crippen molar-refractivity contribution in [3.8, 4) is 0 Å². The average Bonchev–Trinajstić information content (AvgIpc) is 2.73. The second kappa shape index (κ2) is 9.59. The molecule has 0 bridgehead atoms. The Kier molecular flexibility index (Phi) is 7.09. The summed E-state index contributed by atoms with van der Waals surface area (Å²) in [5.41, 5.74) is 8.52. The van der Waals surface area contributed by atoms with E-state index in [2.05, 4.69) is 21.5 Å². The van der Waals surface area contributed by atoms with Gasteiger partial charge in [0.05, 0.1) is 11.5 Å². The number of hydrogen-bond acceptors (Lipinski definition) is 3. The van der Waals surface area contributed by atoms with Crippen LogP contribution in [-0.2, 0) is 10.2 Å². The van der Waals surface area contributed by atoms with Crippen molar-refractivity contribution in [1.29, 1.82) is 0 Å². The maximum atomic E-state index is 12.4. The van der Waals surface area contributed by atoms with Gasteiger partial charge in [0.25, 0.3) is 5.96 Å². The summed E-state index contributed by atoms with van der Waals surface area (Å²) in [7, 11) is -1.11. The van der Waals surface area contributed by atoms with Crippen LogP contribution >= 0.6 is 11.6 Å². The highest BCUT2D eigenvalue weighted by atomic mass is 35.5. The number of benzene rings is 2. The number of aliphatic imine (C=N–C) groups is 1. The van der Waals surface area contributed by atoms with Gasteiger partial charge in [0.2, 0.25) is 0 Å². The monoisotopic (exact) mass is 460 g/mol. The highest BCUT2D eigenvalue weighted by molar-refractivity contribution is 7.87.